The van der Waals surface area contributed by atoms with Gasteiger partial charge in [-0.3, -0.25) is 14.6 Å². The highest BCUT2D eigenvalue weighted by molar-refractivity contribution is 7.99. The summed E-state index contributed by atoms with van der Waals surface area (Å²) in [7, 11) is 0. The Morgan fingerprint density at radius 3 is 2.33 bits per heavy atom. The lowest BCUT2D eigenvalue weighted by Gasteiger charge is -2.39. The molecule has 3 saturated heterocycles. The zero-order valence-corrected chi connectivity index (χ0v) is 25.9. The molecule has 4 heterocycles. The number of alkyl halides is 6. The van der Waals surface area contributed by atoms with Gasteiger partial charge >= 0.3 is 18.4 Å². The summed E-state index contributed by atoms with van der Waals surface area (Å²) in [6.07, 6.45) is -9.69. The largest absolute Gasteiger partial charge is 0.482 e. The van der Waals surface area contributed by atoms with Crippen LogP contribution in [-0.2, 0) is 15.7 Å². The van der Waals surface area contributed by atoms with Crippen LogP contribution in [0.1, 0.15) is 32.9 Å². The minimum Gasteiger partial charge on any atom is -0.482 e. The number of halogens is 6. The van der Waals surface area contributed by atoms with E-state index in [2.05, 4.69) is 9.88 Å². The average molecular weight is 664 g/mol. The van der Waals surface area contributed by atoms with E-state index in [-0.39, 0.29) is 35.1 Å². The van der Waals surface area contributed by atoms with E-state index in [1.54, 1.807) is 42.3 Å². The molecule has 2 amide bonds. The van der Waals surface area contributed by atoms with Crippen LogP contribution in [0.4, 0.5) is 36.8 Å². The van der Waals surface area contributed by atoms with Crippen molar-refractivity contribution in [3.63, 3.8) is 0 Å². The molecule has 0 aliphatic carbocycles. The zero-order chi connectivity index (χ0) is 32.7. The van der Waals surface area contributed by atoms with Crippen molar-refractivity contribution >= 4 is 40.4 Å². The highest BCUT2D eigenvalue weighted by atomic mass is 32.2. The van der Waals surface area contributed by atoms with Crippen LogP contribution in [0.3, 0.4) is 0 Å². The van der Waals surface area contributed by atoms with Gasteiger partial charge in [-0.25, -0.2) is 9.78 Å². The van der Waals surface area contributed by atoms with Crippen molar-refractivity contribution in [2.45, 2.75) is 57.2 Å². The summed E-state index contributed by atoms with van der Waals surface area (Å²) in [5.41, 5.74) is -2.11. The Morgan fingerprint density at radius 1 is 1.02 bits per heavy atom. The Morgan fingerprint density at radius 2 is 1.73 bits per heavy atom. The molecule has 0 spiro atoms. The minimum absolute atomic E-state index is 0.126. The second-order valence-electron chi connectivity index (χ2n) is 12.3. The third-order valence-electron chi connectivity index (χ3n) is 7.89. The van der Waals surface area contributed by atoms with Crippen molar-refractivity contribution in [1.29, 1.82) is 0 Å². The molecule has 3 aliphatic rings. The summed E-state index contributed by atoms with van der Waals surface area (Å²) in [5.74, 6) is 0.866. The number of hydrogen-bond donors (Lipinski definition) is 0. The van der Waals surface area contributed by atoms with E-state index >= 15 is 0 Å². The van der Waals surface area contributed by atoms with E-state index in [0.717, 1.165) is 17.9 Å². The quantitative estimate of drug-likeness (QED) is 0.403. The Kier molecular flexibility index (Phi) is 9.28. The van der Waals surface area contributed by atoms with Crippen LogP contribution >= 0.6 is 11.8 Å². The maximum absolute atomic E-state index is 13.9. The number of amides is 2. The molecule has 1 aromatic carbocycles. The number of fused-ring (bicyclic) bond motifs is 1. The molecule has 0 N–H and O–H groups in total. The first-order valence-electron chi connectivity index (χ1n) is 14.6. The van der Waals surface area contributed by atoms with Crippen molar-refractivity contribution in [3.8, 4) is 5.75 Å². The fourth-order valence-electron chi connectivity index (χ4n) is 5.85. The molecule has 0 radical (unpaired) electrons. The summed E-state index contributed by atoms with van der Waals surface area (Å²) in [4.78, 5) is 37.3. The fraction of sp³-hybridized carbons (Fsp3) is 0.621. The van der Waals surface area contributed by atoms with Gasteiger partial charge < -0.3 is 19.3 Å². The Hall–Kier alpha value is -3.14. The molecule has 0 bridgehead atoms. The van der Waals surface area contributed by atoms with Crippen LogP contribution in [0.15, 0.2) is 24.3 Å². The molecule has 0 saturated carbocycles. The second kappa shape index (κ2) is 12.6. The first-order valence-corrected chi connectivity index (χ1v) is 15.7. The fourth-order valence-corrected chi connectivity index (χ4v) is 6.80. The first kappa shape index (κ1) is 33.2. The van der Waals surface area contributed by atoms with Crippen LogP contribution in [0.25, 0.3) is 10.9 Å². The van der Waals surface area contributed by atoms with Crippen LogP contribution < -0.4 is 9.64 Å². The molecule has 5 rings (SSSR count). The van der Waals surface area contributed by atoms with E-state index < -0.39 is 48.1 Å². The Bertz CT molecular complexity index is 1400. The van der Waals surface area contributed by atoms with Gasteiger partial charge in [0.2, 0.25) is 5.91 Å². The Labute approximate surface area is 260 Å². The smallest absolute Gasteiger partial charge is 0.433 e. The van der Waals surface area contributed by atoms with E-state index in [1.807, 2.05) is 0 Å². The molecule has 3 aliphatic heterocycles. The molecular formula is C29H35F6N5O4S. The van der Waals surface area contributed by atoms with Crippen molar-refractivity contribution in [1.82, 2.24) is 19.7 Å². The van der Waals surface area contributed by atoms with Crippen LogP contribution in [-0.4, -0.2) is 113 Å². The predicted octanol–water partition coefficient (Wildman–Crippen LogP) is 5.23. The van der Waals surface area contributed by atoms with Crippen LogP contribution in [0.2, 0.25) is 0 Å². The highest BCUT2D eigenvalue weighted by Crippen LogP contribution is 2.39. The number of aromatic nitrogens is 1. The minimum atomic E-state index is -4.84. The van der Waals surface area contributed by atoms with E-state index in [9.17, 15) is 35.9 Å². The molecule has 1 aromatic heterocycles. The van der Waals surface area contributed by atoms with Gasteiger partial charge in [-0.2, -0.15) is 26.3 Å². The molecule has 16 heteroatoms. The molecule has 0 unspecified atom stereocenters. The summed E-state index contributed by atoms with van der Waals surface area (Å²) in [6.45, 7) is 5.91. The summed E-state index contributed by atoms with van der Waals surface area (Å²) < 4.78 is 90.6. The molecule has 2 aromatic rings. The SMILES string of the molecule is CC(C)(C)OC(=O)N1C[C@@H](N2CCN(c3cc(C(F)(F)F)nc4c(OCC(F)(F)F)cccc34)CC2)C[C@H]1C(=O)N1CCSC1. The number of anilines is 1. The lowest BCUT2D eigenvalue weighted by molar-refractivity contribution is -0.153. The van der Waals surface area contributed by atoms with Crippen molar-refractivity contribution in [2.24, 2.45) is 0 Å². The van der Waals surface area contributed by atoms with Crippen molar-refractivity contribution in [3.05, 3.63) is 30.0 Å². The van der Waals surface area contributed by atoms with Gasteiger partial charge in [0, 0.05) is 62.1 Å². The number of nitrogens with zero attached hydrogens (tertiary/aromatic N) is 5. The van der Waals surface area contributed by atoms with Crippen LogP contribution in [0.5, 0.6) is 5.75 Å². The predicted molar refractivity (Wildman–Crippen MR) is 156 cm³/mol. The molecule has 248 valence electrons. The van der Waals surface area contributed by atoms with Crippen LogP contribution in [0, 0.1) is 0 Å². The monoisotopic (exact) mass is 663 g/mol. The normalized spacial score (nSPS) is 21.9. The maximum atomic E-state index is 13.9. The number of piperazine rings is 1. The van der Waals surface area contributed by atoms with E-state index in [4.69, 9.17) is 9.47 Å². The number of pyridine rings is 1. The van der Waals surface area contributed by atoms with Gasteiger partial charge in [0.05, 0.1) is 5.88 Å². The summed E-state index contributed by atoms with van der Waals surface area (Å²) in [6, 6.07) is 4.14. The second-order valence-corrected chi connectivity index (χ2v) is 13.4. The zero-order valence-electron chi connectivity index (χ0n) is 25.1. The standard InChI is InChI=1S/C29H35F6N5O4S/c1-27(2,3)44-26(42)40-15-18(13-21(40)25(41)39-11-12-45-17-39)37-7-9-38(10-8-37)20-14-23(29(33,34)35)36-24-19(20)5-4-6-22(24)43-16-28(30,31)32/h4-6,14,18,21H,7-13,15-17H2,1-3H3/t18-,21-/m0/s1. The van der Waals surface area contributed by atoms with Gasteiger partial charge in [0.15, 0.2) is 6.61 Å². The van der Waals surface area contributed by atoms with E-state index in [0.29, 0.717) is 45.0 Å². The van der Waals surface area contributed by atoms with E-state index in [1.165, 1.54) is 17.0 Å². The average Bonchev–Trinajstić information content (AvgIpc) is 3.65. The number of benzene rings is 1. The number of ether oxygens (including phenoxy) is 2. The molecular weight excluding hydrogens is 628 g/mol. The highest BCUT2D eigenvalue weighted by Gasteiger charge is 2.46. The number of likely N-dealkylation sites (tertiary alicyclic amines) is 1. The molecule has 2 atom stereocenters. The van der Waals surface area contributed by atoms with Gasteiger partial charge in [0.1, 0.15) is 28.6 Å². The number of carbonyl (C=O) groups is 2. The number of hydrogen-bond acceptors (Lipinski definition) is 8. The van der Waals surface area contributed by atoms with Crippen molar-refractivity contribution < 1.29 is 45.4 Å². The lowest BCUT2D eigenvalue weighted by atomic mass is 10.1. The molecule has 9 nitrogen and oxygen atoms in total. The maximum Gasteiger partial charge on any atom is 0.433 e. The van der Waals surface area contributed by atoms with Gasteiger partial charge in [-0.05, 0) is 39.3 Å². The third kappa shape index (κ3) is 7.81. The van der Waals surface area contributed by atoms with Crippen molar-refractivity contribution in [2.75, 3.05) is 62.4 Å². The first-order chi connectivity index (χ1) is 21.0. The number of para-hydroxylation sites is 1. The van der Waals surface area contributed by atoms with Gasteiger partial charge in [-0.1, -0.05) is 12.1 Å². The lowest BCUT2D eigenvalue weighted by Crippen LogP contribution is -2.51. The molecule has 45 heavy (non-hydrogen) atoms. The summed E-state index contributed by atoms with van der Waals surface area (Å²) >= 11 is 1.65. The Balaban J connectivity index is 1.35. The third-order valence-corrected chi connectivity index (χ3v) is 8.86. The van der Waals surface area contributed by atoms with Gasteiger partial charge in [-0.15, -0.1) is 11.8 Å². The summed E-state index contributed by atoms with van der Waals surface area (Å²) in [5, 5.41) is 0.238. The topological polar surface area (TPSA) is 78.5 Å². The number of thioether (sulfide) groups is 1. The van der Waals surface area contributed by atoms with Gasteiger partial charge in [0.25, 0.3) is 0 Å². The number of rotatable bonds is 5. The number of carbonyl (C=O) groups excluding carboxylic acids is 2. The molecule has 3 fully saturated rings.